The van der Waals surface area contributed by atoms with Crippen LogP contribution in [0.4, 0.5) is 0 Å². The molecule has 16 heavy (non-hydrogen) atoms. The summed E-state index contributed by atoms with van der Waals surface area (Å²) in [7, 11) is 1.63. The van der Waals surface area contributed by atoms with Crippen molar-refractivity contribution in [3.05, 3.63) is 42.1 Å². The molecule has 3 heteroatoms. The predicted molar refractivity (Wildman–Crippen MR) is 66.4 cm³/mol. The number of fused-ring (bicyclic) bond motifs is 1. The molecule has 0 radical (unpaired) electrons. The first kappa shape index (κ1) is 10.6. The normalized spacial score (nSPS) is 11.1. The number of rotatable bonds is 3. The fourth-order valence-electron chi connectivity index (χ4n) is 1.63. The highest BCUT2D eigenvalue weighted by Gasteiger charge is 2.01. The lowest BCUT2D eigenvalue weighted by Gasteiger charge is -2.04. The molecule has 0 atom stereocenters. The minimum Gasteiger partial charge on any atom is -0.481 e. The summed E-state index contributed by atoms with van der Waals surface area (Å²) in [6.45, 7) is 0.544. The second kappa shape index (κ2) is 4.77. The van der Waals surface area contributed by atoms with Gasteiger partial charge in [-0.2, -0.15) is 0 Å². The highest BCUT2D eigenvalue weighted by molar-refractivity contribution is 5.88. The lowest BCUT2D eigenvalue weighted by Crippen LogP contribution is -1.92. The van der Waals surface area contributed by atoms with Crippen molar-refractivity contribution in [3.8, 4) is 5.88 Å². The molecule has 0 fully saturated rings. The zero-order chi connectivity index (χ0) is 11.4. The maximum atomic E-state index is 5.42. The monoisotopic (exact) mass is 214 g/mol. The van der Waals surface area contributed by atoms with E-state index >= 15 is 0 Å². The lowest BCUT2D eigenvalue weighted by molar-refractivity contribution is 0.403. The van der Waals surface area contributed by atoms with E-state index in [-0.39, 0.29) is 0 Å². The van der Waals surface area contributed by atoms with Gasteiger partial charge in [-0.05, 0) is 23.1 Å². The van der Waals surface area contributed by atoms with Gasteiger partial charge in [0.05, 0.1) is 7.11 Å². The quantitative estimate of drug-likeness (QED) is 0.852. The third kappa shape index (κ3) is 2.04. The van der Waals surface area contributed by atoms with Gasteiger partial charge in [0.2, 0.25) is 5.88 Å². The molecular formula is C13H14N2O. The van der Waals surface area contributed by atoms with Crippen molar-refractivity contribution in [2.45, 2.75) is 0 Å². The van der Waals surface area contributed by atoms with Gasteiger partial charge in [-0.1, -0.05) is 24.3 Å². The van der Waals surface area contributed by atoms with Crippen molar-refractivity contribution < 1.29 is 4.74 Å². The van der Waals surface area contributed by atoms with E-state index in [2.05, 4.69) is 11.1 Å². The number of ether oxygens (including phenoxy) is 1. The number of methoxy groups -OCH3 is 1. The topological polar surface area (TPSA) is 48.1 Å². The van der Waals surface area contributed by atoms with Gasteiger partial charge in [0, 0.05) is 18.1 Å². The van der Waals surface area contributed by atoms with Gasteiger partial charge in [0.15, 0.2) is 0 Å². The first-order valence-corrected chi connectivity index (χ1v) is 5.14. The molecule has 0 saturated carbocycles. The lowest BCUT2D eigenvalue weighted by atomic mass is 10.1. The van der Waals surface area contributed by atoms with E-state index in [1.165, 1.54) is 0 Å². The molecule has 0 unspecified atom stereocenters. The van der Waals surface area contributed by atoms with Crippen LogP contribution in [0, 0.1) is 0 Å². The zero-order valence-corrected chi connectivity index (χ0v) is 9.18. The van der Waals surface area contributed by atoms with E-state index < -0.39 is 0 Å². The Morgan fingerprint density at radius 1 is 1.38 bits per heavy atom. The van der Waals surface area contributed by atoms with Gasteiger partial charge in [-0.15, -0.1) is 0 Å². The van der Waals surface area contributed by atoms with Gasteiger partial charge in [0.25, 0.3) is 0 Å². The minimum atomic E-state index is 0.544. The molecular weight excluding hydrogens is 200 g/mol. The van der Waals surface area contributed by atoms with Crippen molar-refractivity contribution in [1.82, 2.24) is 4.98 Å². The zero-order valence-electron chi connectivity index (χ0n) is 9.18. The second-order valence-corrected chi connectivity index (χ2v) is 3.44. The minimum absolute atomic E-state index is 0.544. The van der Waals surface area contributed by atoms with Crippen LogP contribution in [-0.4, -0.2) is 18.6 Å². The smallest absolute Gasteiger partial charge is 0.221 e. The molecule has 0 bridgehead atoms. The molecule has 1 heterocycles. The van der Waals surface area contributed by atoms with Gasteiger partial charge < -0.3 is 10.5 Å². The third-order valence-corrected chi connectivity index (χ3v) is 2.39. The molecule has 2 aromatic rings. The number of benzene rings is 1. The molecule has 0 aliphatic heterocycles. The molecule has 2 N–H and O–H groups in total. The fraction of sp³-hybridized carbons (Fsp3) is 0.154. The van der Waals surface area contributed by atoms with E-state index in [9.17, 15) is 0 Å². The van der Waals surface area contributed by atoms with E-state index in [4.69, 9.17) is 10.5 Å². The van der Waals surface area contributed by atoms with Crippen molar-refractivity contribution >= 4 is 16.8 Å². The number of nitrogens with two attached hydrogens (primary N) is 1. The molecule has 0 aliphatic carbocycles. The molecule has 0 aliphatic rings. The summed E-state index contributed by atoms with van der Waals surface area (Å²) in [5.41, 5.74) is 6.52. The number of aromatic nitrogens is 1. The van der Waals surface area contributed by atoms with Crippen LogP contribution in [0.2, 0.25) is 0 Å². The summed E-state index contributed by atoms with van der Waals surface area (Å²) in [4.78, 5) is 4.18. The summed E-state index contributed by atoms with van der Waals surface area (Å²) in [6, 6.07) is 8.12. The summed E-state index contributed by atoms with van der Waals surface area (Å²) >= 11 is 0. The van der Waals surface area contributed by atoms with Crippen molar-refractivity contribution in [2.24, 2.45) is 5.73 Å². The molecule has 1 aromatic carbocycles. The number of nitrogens with zero attached hydrogens (tertiary/aromatic N) is 1. The Morgan fingerprint density at radius 2 is 2.25 bits per heavy atom. The molecule has 2 rings (SSSR count). The van der Waals surface area contributed by atoms with E-state index in [0.29, 0.717) is 12.4 Å². The van der Waals surface area contributed by atoms with Crippen molar-refractivity contribution in [2.75, 3.05) is 13.7 Å². The van der Waals surface area contributed by atoms with Crippen LogP contribution in [0.5, 0.6) is 5.88 Å². The van der Waals surface area contributed by atoms with Crippen LogP contribution in [-0.2, 0) is 0 Å². The van der Waals surface area contributed by atoms with Crippen LogP contribution in [0.15, 0.2) is 36.5 Å². The third-order valence-electron chi connectivity index (χ3n) is 2.39. The molecule has 0 amide bonds. The Morgan fingerprint density at radius 3 is 3.00 bits per heavy atom. The van der Waals surface area contributed by atoms with E-state index in [1.54, 1.807) is 13.3 Å². The highest BCUT2D eigenvalue weighted by Crippen LogP contribution is 2.24. The van der Waals surface area contributed by atoms with Gasteiger partial charge in [0.1, 0.15) is 0 Å². The molecule has 0 saturated heterocycles. The number of hydrogen-bond donors (Lipinski definition) is 1. The average molecular weight is 214 g/mol. The van der Waals surface area contributed by atoms with Gasteiger partial charge >= 0.3 is 0 Å². The Kier molecular flexibility index (Phi) is 3.17. The van der Waals surface area contributed by atoms with Crippen molar-refractivity contribution in [1.29, 1.82) is 0 Å². The van der Waals surface area contributed by atoms with Gasteiger partial charge in [-0.3, -0.25) is 0 Å². The molecule has 1 aromatic heterocycles. The van der Waals surface area contributed by atoms with E-state index in [1.807, 2.05) is 30.4 Å². The first-order valence-electron chi connectivity index (χ1n) is 5.14. The summed E-state index contributed by atoms with van der Waals surface area (Å²) in [5.74, 6) is 0.653. The summed E-state index contributed by atoms with van der Waals surface area (Å²) < 4.78 is 5.23. The molecule has 0 spiro atoms. The van der Waals surface area contributed by atoms with Crippen LogP contribution >= 0.6 is 0 Å². The van der Waals surface area contributed by atoms with Crippen molar-refractivity contribution in [3.63, 3.8) is 0 Å². The second-order valence-electron chi connectivity index (χ2n) is 3.44. The Bertz CT molecular complexity index is 520. The average Bonchev–Trinajstić information content (AvgIpc) is 2.35. The molecule has 82 valence electrons. The maximum Gasteiger partial charge on any atom is 0.221 e. The Balaban J connectivity index is 2.54. The largest absolute Gasteiger partial charge is 0.481 e. The highest BCUT2D eigenvalue weighted by atomic mass is 16.5. The molecule has 3 nitrogen and oxygen atoms in total. The van der Waals surface area contributed by atoms with Crippen LogP contribution in [0.3, 0.4) is 0 Å². The predicted octanol–water partition coefficient (Wildman–Crippen LogP) is 2.22. The number of hydrogen-bond acceptors (Lipinski definition) is 3. The summed E-state index contributed by atoms with van der Waals surface area (Å²) in [5, 5.41) is 2.14. The standard InChI is InChI=1S/C13H14N2O/c1-16-13-12-9-10(3-2-7-14)4-5-11(12)6-8-15-13/h2-6,8-9H,7,14H2,1H3/b3-2+. The maximum absolute atomic E-state index is 5.42. The summed E-state index contributed by atoms with van der Waals surface area (Å²) in [6.07, 6.45) is 5.66. The van der Waals surface area contributed by atoms with Crippen LogP contribution in [0.25, 0.3) is 16.8 Å². The van der Waals surface area contributed by atoms with Crippen LogP contribution in [0.1, 0.15) is 5.56 Å². The number of pyridine rings is 1. The van der Waals surface area contributed by atoms with E-state index in [0.717, 1.165) is 16.3 Å². The Hall–Kier alpha value is -1.87. The van der Waals surface area contributed by atoms with Gasteiger partial charge in [-0.25, -0.2) is 4.98 Å². The SMILES string of the molecule is COc1nccc2ccc(/C=C/CN)cc12. The first-order chi connectivity index (χ1) is 7.85. The Labute approximate surface area is 94.6 Å². The van der Waals surface area contributed by atoms with Crippen LogP contribution < -0.4 is 10.5 Å². The fourth-order valence-corrected chi connectivity index (χ4v) is 1.63.